The van der Waals surface area contributed by atoms with Gasteiger partial charge in [0.1, 0.15) is 0 Å². The molecule has 4 saturated carbocycles. The average Bonchev–Trinajstić information content (AvgIpc) is 2.57. The molecule has 4 fully saturated rings. The van der Waals surface area contributed by atoms with Crippen molar-refractivity contribution in [3.8, 4) is 0 Å². The Balaban J connectivity index is 1.28. The third-order valence-corrected chi connectivity index (χ3v) is 6.45. The molecule has 0 aromatic rings. The summed E-state index contributed by atoms with van der Waals surface area (Å²) >= 11 is 0. The van der Waals surface area contributed by atoms with Gasteiger partial charge < -0.3 is 15.4 Å². The first-order valence-electron chi connectivity index (χ1n) is 10.7. The monoisotopic (exact) mass is 364 g/mol. The van der Waals surface area contributed by atoms with Crippen LogP contribution in [0, 0.1) is 17.8 Å². The Morgan fingerprint density at radius 2 is 1.50 bits per heavy atom. The summed E-state index contributed by atoms with van der Waals surface area (Å²) in [5.74, 6) is 2.50. The molecule has 4 rings (SSSR count). The molecule has 0 unspecified atom stereocenters. The summed E-state index contributed by atoms with van der Waals surface area (Å²) < 4.78 is 5.47. The Bertz CT molecular complexity index is 456. The minimum Gasteiger partial charge on any atom is -0.381 e. The van der Waals surface area contributed by atoms with Crippen LogP contribution in [-0.4, -0.2) is 37.1 Å². The fraction of sp³-hybridized carbons (Fsp3) is 0.905. The van der Waals surface area contributed by atoms with Crippen LogP contribution in [0.1, 0.15) is 77.6 Å². The van der Waals surface area contributed by atoms with Crippen LogP contribution in [0.4, 0.5) is 0 Å². The van der Waals surface area contributed by atoms with E-state index in [1.165, 1.54) is 19.3 Å². The molecule has 5 nitrogen and oxygen atoms in total. The number of carbonyl (C=O) groups is 2. The first-order valence-corrected chi connectivity index (χ1v) is 10.7. The van der Waals surface area contributed by atoms with Crippen molar-refractivity contribution < 1.29 is 14.3 Å². The van der Waals surface area contributed by atoms with Crippen molar-refractivity contribution in [2.75, 3.05) is 19.8 Å². The maximum absolute atomic E-state index is 12.4. The second-order valence-corrected chi connectivity index (χ2v) is 8.92. The van der Waals surface area contributed by atoms with E-state index in [2.05, 4.69) is 17.6 Å². The van der Waals surface area contributed by atoms with Gasteiger partial charge in [0.25, 0.3) is 0 Å². The topological polar surface area (TPSA) is 67.4 Å². The number of hydrogen-bond donors (Lipinski definition) is 2. The molecule has 0 atom stereocenters. The first-order chi connectivity index (χ1) is 12.6. The molecule has 0 aliphatic heterocycles. The lowest BCUT2D eigenvalue weighted by atomic mass is 9.53. The van der Waals surface area contributed by atoms with Crippen LogP contribution >= 0.6 is 0 Å². The number of rotatable bonds is 11. The highest BCUT2D eigenvalue weighted by atomic mass is 16.5. The molecule has 4 bridgehead atoms. The summed E-state index contributed by atoms with van der Waals surface area (Å²) in [6.07, 6.45) is 11.3. The van der Waals surface area contributed by atoms with E-state index in [0.29, 0.717) is 19.6 Å². The normalized spacial score (nSPS) is 31.8. The molecular weight excluding hydrogens is 328 g/mol. The van der Waals surface area contributed by atoms with Crippen LogP contribution in [0.5, 0.6) is 0 Å². The van der Waals surface area contributed by atoms with Crippen molar-refractivity contribution in [3.63, 3.8) is 0 Å². The van der Waals surface area contributed by atoms with Crippen LogP contribution in [0.2, 0.25) is 0 Å². The van der Waals surface area contributed by atoms with Crippen molar-refractivity contribution >= 4 is 11.8 Å². The molecule has 2 N–H and O–H groups in total. The summed E-state index contributed by atoms with van der Waals surface area (Å²) in [5, 5.41) is 6.23. The fourth-order valence-electron chi connectivity index (χ4n) is 5.69. The molecule has 0 heterocycles. The van der Waals surface area contributed by atoms with Crippen LogP contribution < -0.4 is 10.6 Å². The molecule has 0 saturated heterocycles. The number of amides is 2. The molecule has 0 aromatic heterocycles. The zero-order chi connectivity index (χ0) is 18.4. The van der Waals surface area contributed by atoms with Crippen LogP contribution in [-0.2, 0) is 14.3 Å². The second-order valence-electron chi connectivity index (χ2n) is 8.92. The molecule has 26 heavy (non-hydrogen) atoms. The zero-order valence-corrected chi connectivity index (χ0v) is 16.4. The summed E-state index contributed by atoms with van der Waals surface area (Å²) in [7, 11) is 0. The van der Waals surface area contributed by atoms with E-state index in [9.17, 15) is 9.59 Å². The van der Waals surface area contributed by atoms with Gasteiger partial charge in [0.05, 0.1) is 0 Å². The second kappa shape index (κ2) is 9.20. The van der Waals surface area contributed by atoms with Crippen molar-refractivity contribution in [3.05, 3.63) is 0 Å². The molecule has 148 valence electrons. The van der Waals surface area contributed by atoms with Crippen molar-refractivity contribution in [2.24, 2.45) is 17.8 Å². The number of ether oxygens (including phenoxy) is 1. The molecule has 4 aliphatic carbocycles. The van der Waals surface area contributed by atoms with Crippen molar-refractivity contribution in [2.45, 2.75) is 83.1 Å². The third kappa shape index (κ3) is 5.45. The summed E-state index contributed by atoms with van der Waals surface area (Å²) in [4.78, 5) is 24.3. The summed E-state index contributed by atoms with van der Waals surface area (Å²) in [6, 6.07) is 0. The lowest BCUT2D eigenvalue weighted by molar-refractivity contribution is -0.130. The maximum Gasteiger partial charge on any atom is 0.220 e. The van der Waals surface area contributed by atoms with E-state index in [4.69, 9.17) is 4.74 Å². The Kier molecular flexibility index (Phi) is 6.96. The van der Waals surface area contributed by atoms with Crippen LogP contribution in [0.25, 0.3) is 0 Å². The van der Waals surface area contributed by atoms with E-state index in [-0.39, 0.29) is 23.8 Å². The molecule has 2 amide bonds. The number of carbonyl (C=O) groups excluding carboxylic acids is 2. The predicted molar refractivity (Wildman–Crippen MR) is 102 cm³/mol. The SMILES string of the molecule is CCCCOCCCNC(=O)CCC(=O)NC12CC3CC(CC(C3)C1)C2. The first kappa shape index (κ1) is 19.7. The van der Waals surface area contributed by atoms with E-state index in [1.54, 1.807) is 0 Å². The largest absolute Gasteiger partial charge is 0.381 e. The smallest absolute Gasteiger partial charge is 0.220 e. The Labute approximate surface area is 158 Å². The molecule has 0 radical (unpaired) electrons. The van der Waals surface area contributed by atoms with Crippen LogP contribution in [0.15, 0.2) is 0 Å². The lowest BCUT2D eigenvalue weighted by Gasteiger charge is -2.56. The number of hydrogen-bond acceptors (Lipinski definition) is 3. The standard InChI is InChI=1S/C21H36N2O3/c1-2-3-8-26-9-4-7-22-19(24)5-6-20(25)23-21-13-16-10-17(14-21)12-18(11-16)15-21/h16-18H,2-15H2,1H3,(H,22,24)(H,23,25). The van der Waals surface area contributed by atoms with Gasteiger partial charge in [-0.05, 0) is 69.1 Å². The predicted octanol–water partition coefficient (Wildman–Crippen LogP) is 3.17. The van der Waals surface area contributed by atoms with Gasteiger partial charge in [-0.2, -0.15) is 0 Å². The van der Waals surface area contributed by atoms with E-state index in [1.807, 2.05) is 0 Å². The Morgan fingerprint density at radius 1 is 0.923 bits per heavy atom. The van der Waals surface area contributed by atoms with Gasteiger partial charge in [-0.1, -0.05) is 13.3 Å². The quantitative estimate of drug-likeness (QED) is 0.553. The van der Waals surface area contributed by atoms with Gasteiger partial charge in [-0.3, -0.25) is 9.59 Å². The van der Waals surface area contributed by atoms with Gasteiger partial charge in [0.15, 0.2) is 0 Å². The van der Waals surface area contributed by atoms with Gasteiger partial charge in [0, 0.05) is 38.1 Å². The number of unbranched alkanes of at least 4 members (excludes halogenated alkanes) is 1. The van der Waals surface area contributed by atoms with E-state index < -0.39 is 0 Å². The summed E-state index contributed by atoms with van der Waals surface area (Å²) in [6.45, 7) is 4.26. The van der Waals surface area contributed by atoms with Gasteiger partial charge in [-0.25, -0.2) is 0 Å². The lowest BCUT2D eigenvalue weighted by Crippen LogP contribution is -2.59. The Hall–Kier alpha value is -1.10. The fourth-order valence-corrected chi connectivity index (χ4v) is 5.69. The molecule has 4 aliphatic rings. The molecular formula is C21H36N2O3. The van der Waals surface area contributed by atoms with Gasteiger partial charge in [-0.15, -0.1) is 0 Å². The highest BCUT2D eigenvalue weighted by molar-refractivity contribution is 5.84. The number of nitrogens with one attached hydrogen (secondary N) is 2. The van der Waals surface area contributed by atoms with E-state index in [0.717, 1.165) is 62.9 Å². The van der Waals surface area contributed by atoms with Gasteiger partial charge in [0.2, 0.25) is 11.8 Å². The molecule has 0 spiro atoms. The minimum absolute atomic E-state index is 0.0285. The van der Waals surface area contributed by atoms with Crippen molar-refractivity contribution in [1.82, 2.24) is 10.6 Å². The maximum atomic E-state index is 12.4. The van der Waals surface area contributed by atoms with E-state index >= 15 is 0 Å². The van der Waals surface area contributed by atoms with Crippen molar-refractivity contribution in [1.29, 1.82) is 0 Å². The average molecular weight is 365 g/mol. The van der Waals surface area contributed by atoms with Gasteiger partial charge >= 0.3 is 0 Å². The third-order valence-electron chi connectivity index (χ3n) is 6.45. The molecule has 0 aromatic carbocycles. The Morgan fingerprint density at radius 3 is 2.12 bits per heavy atom. The van der Waals surface area contributed by atoms with Crippen LogP contribution in [0.3, 0.4) is 0 Å². The molecule has 5 heteroatoms. The minimum atomic E-state index is -0.0285. The summed E-state index contributed by atoms with van der Waals surface area (Å²) in [5.41, 5.74) is 0.0537. The highest BCUT2D eigenvalue weighted by Crippen LogP contribution is 2.55. The zero-order valence-electron chi connectivity index (χ0n) is 16.4. The highest BCUT2D eigenvalue weighted by Gasteiger charge is 2.51.